The van der Waals surface area contributed by atoms with Gasteiger partial charge in [-0.3, -0.25) is 9.69 Å². The smallest absolute Gasteiger partial charge is 0.267 e. The van der Waals surface area contributed by atoms with E-state index < -0.39 is 0 Å². The van der Waals surface area contributed by atoms with Crippen LogP contribution in [-0.2, 0) is 11.2 Å². The number of methoxy groups -OCH3 is 1. The molecular formula is C20H22N4O2S2. The highest BCUT2D eigenvalue weighted by molar-refractivity contribution is 8.18. The van der Waals surface area contributed by atoms with E-state index in [-0.39, 0.29) is 5.91 Å². The van der Waals surface area contributed by atoms with E-state index >= 15 is 0 Å². The SMILES string of the molecule is C=CCN1C(=O)/C(=C\c2ccc(OC)cc2)SC1=Nc1nnc(CC(C)C)s1. The Morgan fingerprint density at radius 1 is 1.29 bits per heavy atom. The molecule has 1 fully saturated rings. The Bertz CT molecular complexity index is 917. The molecule has 0 radical (unpaired) electrons. The number of rotatable bonds is 7. The summed E-state index contributed by atoms with van der Waals surface area (Å²) in [5, 5.41) is 10.5. The fourth-order valence-electron chi connectivity index (χ4n) is 2.54. The maximum Gasteiger partial charge on any atom is 0.267 e. The first-order valence-electron chi connectivity index (χ1n) is 8.87. The lowest BCUT2D eigenvalue weighted by Crippen LogP contribution is -2.29. The monoisotopic (exact) mass is 414 g/mol. The topological polar surface area (TPSA) is 67.7 Å². The van der Waals surface area contributed by atoms with Gasteiger partial charge in [-0.2, -0.15) is 4.99 Å². The molecule has 2 aromatic rings. The third-order valence-corrected chi connectivity index (χ3v) is 5.69. The second-order valence-electron chi connectivity index (χ2n) is 6.56. The summed E-state index contributed by atoms with van der Waals surface area (Å²) < 4.78 is 5.18. The molecule has 6 nitrogen and oxygen atoms in total. The molecule has 0 saturated carbocycles. The molecule has 0 N–H and O–H groups in total. The Morgan fingerprint density at radius 2 is 2.04 bits per heavy atom. The van der Waals surface area contributed by atoms with E-state index in [0.29, 0.717) is 27.7 Å². The van der Waals surface area contributed by atoms with Gasteiger partial charge in [0.2, 0.25) is 5.13 Å². The highest BCUT2D eigenvalue weighted by Crippen LogP contribution is 2.35. The second-order valence-corrected chi connectivity index (χ2v) is 8.61. The van der Waals surface area contributed by atoms with Gasteiger partial charge >= 0.3 is 0 Å². The van der Waals surface area contributed by atoms with Crippen molar-refractivity contribution in [2.75, 3.05) is 13.7 Å². The molecule has 8 heteroatoms. The zero-order valence-corrected chi connectivity index (χ0v) is 17.7. The lowest BCUT2D eigenvalue weighted by molar-refractivity contribution is -0.121. The van der Waals surface area contributed by atoms with Crippen molar-refractivity contribution in [3.8, 4) is 5.75 Å². The number of nitrogens with zero attached hydrogens (tertiary/aromatic N) is 4. The quantitative estimate of drug-likeness (QED) is 0.492. The summed E-state index contributed by atoms with van der Waals surface area (Å²) in [4.78, 5) is 19.6. The van der Waals surface area contributed by atoms with Crippen LogP contribution >= 0.6 is 23.1 Å². The van der Waals surface area contributed by atoms with Gasteiger partial charge in [0, 0.05) is 13.0 Å². The summed E-state index contributed by atoms with van der Waals surface area (Å²) in [6.07, 6.45) is 4.41. The van der Waals surface area contributed by atoms with Gasteiger partial charge in [-0.05, 0) is 41.5 Å². The maximum atomic E-state index is 12.8. The van der Waals surface area contributed by atoms with E-state index in [1.54, 1.807) is 18.1 Å². The summed E-state index contributed by atoms with van der Waals surface area (Å²) in [5.74, 6) is 1.19. The zero-order chi connectivity index (χ0) is 20.1. The number of thioether (sulfide) groups is 1. The van der Waals surface area contributed by atoms with Crippen molar-refractivity contribution in [1.29, 1.82) is 0 Å². The van der Waals surface area contributed by atoms with Crippen LogP contribution in [0.25, 0.3) is 6.08 Å². The van der Waals surface area contributed by atoms with Crippen LogP contribution in [0.4, 0.5) is 5.13 Å². The number of aliphatic imine (C=N–C) groups is 1. The predicted octanol–water partition coefficient (Wildman–Crippen LogP) is 4.54. The fourth-order valence-corrected chi connectivity index (χ4v) is 4.51. The number of aromatic nitrogens is 2. The minimum Gasteiger partial charge on any atom is -0.497 e. The van der Waals surface area contributed by atoms with Crippen molar-refractivity contribution in [3.05, 3.63) is 52.4 Å². The first kappa shape index (κ1) is 20.3. The summed E-state index contributed by atoms with van der Waals surface area (Å²) in [6, 6.07) is 7.56. The summed E-state index contributed by atoms with van der Waals surface area (Å²) in [6.45, 7) is 8.42. The number of amidine groups is 1. The molecular weight excluding hydrogens is 392 g/mol. The van der Waals surface area contributed by atoms with Gasteiger partial charge in [0.25, 0.3) is 5.91 Å². The molecule has 1 saturated heterocycles. The summed E-state index contributed by atoms with van der Waals surface area (Å²) in [5.41, 5.74) is 0.923. The van der Waals surface area contributed by atoms with E-state index in [1.807, 2.05) is 30.3 Å². The van der Waals surface area contributed by atoms with Crippen LogP contribution in [0, 0.1) is 5.92 Å². The van der Waals surface area contributed by atoms with Gasteiger partial charge in [0.1, 0.15) is 10.8 Å². The van der Waals surface area contributed by atoms with Crippen LogP contribution in [0.2, 0.25) is 0 Å². The van der Waals surface area contributed by atoms with Crippen LogP contribution in [-0.4, -0.2) is 39.8 Å². The van der Waals surface area contributed by atoms with Gasteiger partial charge in [-0.25, -0.2) is 0 Å². The largest absolute Gasteiger partial charge is 0.497 e. The third kappa shape index (κ3) is 4.88. The van der Waals surface area contributed by atoms with Crippen LogP contribution in [0.5, 0.6) is 5.75 Å². The molecule has 28 heavy (non-hydrogen) atoms. The molecule has 2 heterocycles. The highest BCUT2D eigenvalue weighted by Gasteiger charge is 2.33. The van der Waals surface area contributed by atoms with Gasteiger partial charge in [-0.15, -0.1) is 16.8 Å². The van der Waals surface area contributed by atoms with E-state index in [0.717, 1.165) is 22.7 Å². The average molecular weight is 415 g/mol. The van der Waals surface area contributed by atoms with Gasteiger partial charge in [0.15, 0.2) is 5.17 Å². The van der Waals surface area contributed by atoms with Crippen LogP contribution in [0.3, 0.4) is 0 Å². The van der Waals surface area contributed by atoms with E-state index in [1.165, 1.54) is 23.1 Å². The highest BCUT2D eigenvalue weighted by atomic mass is 32.2. The van der Waals surface area contributed by atoms with Crippen molar-refractivity contribution in [2.45, 2.75) is 20.3 Å². The molecule has 1 amide bonds. The van der Waals surface area contributed by atoms with Crippen molar-refractivity contribution in [3.63, 3.8) is 0 Å². The molecule has 146 valence electrons. The van der Waals surface area contributed by atoms with Gasteiger partial charge in [0.05, 0.1) is 12.0 Å². The molecule has 1 aliphatic heterocycles. The minimum atomic E-state index is -0.0913. The molecule has 3 rings (SSSR count). The van der Waals surface area contributed by atoms with E-state index in [4.69, 9.17) is 4.74 Å². The second kappa shape index (κ2) is 9.16. The molecule has 0 atom stereocenters. The lowest BCUT2D eigenvalue weighted by atomic mass is 10.1. The van der Waals surface area contributed by atoms with Crippen LogP contribution in [0.15, 0.2) is 46.8 Å². The summed E-state index contributed by atoms with van der Waals surface area (Å²) in [7, 11) is 1.62. The molecule has 1 aromatic carbocycles. The standard InChI is InChI=1S/C20H22N4O2S2/c1-5-10-24-18(25)16(12-14-6-8-15(26-4)9-7-14)27-20(24)21-19-23-22-17(28-19)11-13(2)3/h5-9,12-13H,1,10-11H2,2-4H3/b16-12+,21-20?. The number of amides is 1. The Kier molecular flexibility index (Phi) is 6.64. The number of hydrogen-bond acceptors (Lipinski definition) is 7. The van der Waals surface area contributed by atoms with Crippen molar-refractivity contribution < 1.29 is 9.53 Å². The molecule has 1 aliphatic rings. The van der Waals surface area contributed by atoms with Crippen LogP contribution < -0.4 is 4.74 Å². The molecule has 0 bridgehead atoms. The fraction of sp³-hybridized carbons (Fsp3) is 0.300. The number of benzene rings is 1. The van der Waals surface area contributed by atoms with Crippen molar-refractivity contribution >= 4 is 45.4 Å². The number of carbonyl (C=O) groups is 1. The van der Waals surface area contributed by atoms with Crippen LogP contribution in [0.1, 0.15) is 24.4 Å². The number of ether oxygens (including phenoxy) is 1. The minimum absolute atomic E-state index is 0.0913. The lowest BCUT2D eigenvalue weighted by Gasteiger charge is -2.11. The van der Waals surface area contributed by atoms with Crippen molar-refractivity contribution in [1.82, 2.24) is 15.1 Å². The number of carbonyl (C=O) groups excluding carboxylic acids is 1. The van der Waals surface area contributed by atoms with Gasteiger partial charge in [-0.1, -0.05) is 43.4 Å². The van der Waals surface area contributed by atoms with E-state index in [9.17, 15) is 4.79 Å². The summed E-state index contributed by atoms with van der Waals surface area (Å²) >= 11 is 2.80. The zero-order valence-electron chi connectivity index (χ0n) is 16.1. The Balaban J connectivity index is 1.86. The molecule has 1 aromatic heterocycles. The Hall–Kier alpha value is -2.45. The first-order chi connectivity index (χ1) is 13.5. The molecule has 0 spiro atoms. The van der Waals surface area contributed by atoms with Gasteiger partial charge < -0.3 is 4.74 Å². The first-order valence-corrected chi connectivity index (χ1v) is 10.5. The third-order valence-electron chi connectivity index (χ3n) is 3.84. The molecule has 0 unspecified atom stereocenters. The average Bonchev–Trinajstić information content (AvgIpc) is 3.22. The normalized spacial score (nSPS) is 17.1. The Labute approximate surface area is 173 Å². The Morgan fingerprint density at radius 3 is 2.68 bits per heavy atom. The van der Waals surface area contributed by atoms with Crippen molar-refractivity contribution in [2.24, 2.45) is 10.9 Å². The number of hydrogen-bond donors (Lipinski definition) is 0. The predicted molar refractivity (Wildman–Crippen MR) is 116 cm³/mol. The van der Waals surface area contributed by atoms with E-state index in [2.05, 4.69) is 35.6 Å². The molecule has 0 aliphatic carbocycles. The maximum absolute atomic E-state index is 12.8.